The van der Waals surface area contributed by atoms with Crippen molar-refractivity contribution >= 4 is 47.7 Å². The smallest absolute Gasteiger partial charge is 0.244 e. The molecule has 2 aromatic rings. The second-order valence-electron chi connectivity index (χ2n) is 5.15. The fourth-order valence-corrected chi connectivity index (χ4v) is 5.65. The van der Waals surface area contributed by atoms with Crippen molar-refractivity contribution in [1.82, 2.24) is 9.29 Å². The molecular weight excluding hydrogens is 446 g/mol. The van der Waals surface area contributed by atoms with E-state index in [1.165, 1.54) is 4.31 Å². The summed E-state index contributed by atoms with van der Waals surface area (Å²) in [6, 6.07) is 10.8. The van der Waals surface area contributed by atoms with Crippen LogP contribution in [-0.4, -0.2) is 43.9 Å². The number of rotatable bonds is 3. The number of hydrogen-bond donors (Lipinski definition) is 0. The van der Waals surface area contributed by atoms with Gasteiger partial charge in [-0.15, -0.1) is 0 Å². The van der Waals surface area contributed by atoms with E-state index >= 15 is 0 Å². The number of sulfonamides is 1. The van der Waals surface area contributed by atoms with Crippen LogP contribution < -0.4 is 4.90 Å². The quantitative estimate of drug-likeness (QED) is 0.706. The molecule has 0 radical (unpaired) electrons. The molecular formula is C15H15Br2N3O2S. The molecule has 0 saturated carbocycles. The van der Waals surface area contributed by atoms with Crippen molar-refractivity contribution in [1.29, 1.82) is 0 Å². The lowest BCUT2D eigenvalue weighted by Crippen LogP contribution is -2.48. The number of halogens is 2. The van der Waals surface area contributed by atoms with E-state index in [1.807, 2.05) is 18.2 Å². The monoisotopic (exact) mass is 459 g/mol. The summed E-state index contributed by atoms with van der Waals surface area (Å²) in [5.41, 5.74) is 0. The topological polar surface area (TPSA) is 53.5 Å². The molecule has 1 saturated heterocycles. The predicted molar refractivity (Wildman–Crippen MR) is 97.1 cm³/mol. The van der Waals surface area contributed by atoms with Crippen molar-refractivity contribution in [3.05, 3.63) is 51.5 Å². The summed E-state index contributed by atoms with van der Waals surface area (Å²) in [6.07, 6.45) is 1.75. The zero-order valence-corrected chi connectivity index (χ0v) is 16.2. The van der Waals surface area contributed by atoms with Crippen molar-refractivity contribution in [3.63, 3.8) is 0 Å². The summed E-state index contributed by atoms with van der Waals surface area (Å²) >= 11 is 6.68. The van der Waals surface area contributed by atoms with E-state index in [0.717, 1.165) is 10.3 Å². The molecule has 0 bridgehead atoms. The summed E-state index contributed by atoms with van der Waals surface area (Å²) in [4.78, 5) is 6.71. The van der Waals surface area contributed by atoms with Gasteiger partial charge in [0.15, 0.2) is 0 Å². The molecule has 2 heterocycles. The van der Waals surface area contributed by atoms with Gasteiger partial charge in [-0.3, -0.25) is 0 Å². The van der Waals surface area contributed by atoms with E-state index in [1.54, 1.807) is 24.4 Å². The molecule has 0 amide bonds. The van der Waals surface area contributed by atoms with Gasteiger partial charge in [0, 0.05) is 41.3 Å². The van der Waals surface area contributed by atoms with Gasteiger partial charge in [0.2, 0.25) is 10.0 Å². The second kappa shape index (κ2) is 6.88. The molecule has 1 aliphatic rings. The summed E-state index contributed by atoms with van der Waals surface area (Å²) in [5.74, 6) is 0.884. The lowest BCUT2D eigenvalue weighted by Gasteiger charge is -2.34. The van der Waals surface area contributed by atoms with Crippen molar-refractivity contribution < 1.29 is 8.42 Å². The Bertz CT molecular complexity index is 792. The molecule has 1 aliphatic heterocycles. The average molecular weight is 461 g/mol. The first kappa shape index (κ1) is 16.9. The van der Waals surface area contributed by atoms with Crippen molar-refractivity contribution in [3.8, 4) is 0 Å². The molecule has 5 nitrogen and oxygen atoms in total. The molecule has 3 rings (SSSR count). The fourth-order valence-electron chi connectivity index (χ4n) is 2.52. The van der Waals surface area contributed by atoms with Gasteiger partial charge in [0.05, 0.1) is 4.90 Å². The third-order valence-electron chi connectivity index (χ3n) is 3.72. The Hall–Kier alpha value is -0.960. The highest BCUT2D eigenvalue weighted by molar-refractivity contribution is 9.11. The van der Waals surface area contributed by atoms with E-state index < -0.39 is 10.0 Å². The van der Waals surface area contributed by atoms with E-state index in [4.69, 9.17) is 0 Å². The lowest BCUT2D eigenvalue weighted by molar-refractivity contribution is 0.383. The van der Waals surface area contributed by atoms with Gasteiger partial charge < -0.3 is 4.90 Å². The Morgan fingerprint density at radius 3 is 2.35 bits per heavy atom. The number of hydrogen-bond acceptors (Lipinski definition) is 4. The van der Waals surface area contributed by atoms with E-state index in [9.17, 15) is 8.42 Å². The van der Waals surface area contributed by atoms with Crippen LogP contribution in [0.2, 0.25) is 0 Å². The first-order valence-electron chi connectivity index (χ1n) is 7.10. The minimum atomic E-state index is -3.50. The standard InChI is InChI=1S/C15H15Br2N3O2S/c16-12-4-5-14(13(17)11-12)23(21,22)20-9-7-19(8-10-20)15-3-1-2-6-18-15/h1-6,11H,7-10H2. The van der Waals surface area contributed by atoms with Gasteiger partial charge >= 0.3 is 0 Å². The van der Waals surface area contributed by atoms with Crippen molar-refractivity contribution in [2.75, 3.05) is 31.1 Å². The van der Waals surface area contributed by atoms with E-state index in [-0.39, 0.29) is 0 Å². The summed E-state index contributed by atoms with van der Waals surface area (Å²) in [7, 11) is -3.50. The maximum atomic E-state index is 12.8. The normalized spacial score (nSPS) is 16.5. The Labute approximate surface area is 152 Å². The first-order chi connectivity index (χ1) is 11.0. The molecule has 0 unspecified atom stereocenters. The van der Waals surface area contributed by atoms with Crippen LogP contribution in [0.3, 0.4) is 0 Å². The molecule has 0 atom stereocenters. The Kier molecular flexibility index (Phi) is 5.05. The molecule has 122 valence electrons. The first-order valence-corrected chi connectivity index (χ1v) is 10.1. The van der Waals surface area contributed by atoms with Crippen molar-refractivity contribution in [2.24, 2.45) is 0 Å². The van der Waals surface area contributed by atoms with Gasteiger partial charge in [0.1, 0.15) is 5.82 Å². The highest BCUT2D eigenvalue weighted by atomic mass is 79.9. The largest absolute Gasteiger partial charge is 0.354 e. The zero-order valence-electron chi connectivity index (χ0n) is 12.2. The molecule has 0 N–H and O–H groups in total. The van der Waals surface area contributed by atoms with Gasteiger partial charge in [-0.1, -0.05) is 22.0 Å². The molecule has 1 aromatic carbocycles. The molecule has 0 aliphatic carbocycles. The van der Waals surface area contributed by atoms with E-state index in [0.29, 0.717) is 35.5 Å². The third-order valence-corrected chi connectivity index (χ3v) is 7.09. The van der Waals surface area contributed by atoms with Crippen LogP contribution in [0.15, 0.2) is 56.4 Å². The average Bonchev–Trinajstić information content (AvgIpc) is 2.55. The van der Waals surface area contributed by atoms with Crippen LogP contribution in [-0.2, 0) is 10.0 Å². The van der Waals surface area contributed by atoms with Gasteiger partial charge in [-0.05, 0) is 46.3 Å². The lowest BCUT2D eigenvalue weighted by atomic mass is 10.3. The third kappa shape index (κ3) is 3.60. The van der Waals surface area contributed by atoms with E-state index in [2.05, 4.69) is 41.7 Å². The van der Waals surface area contributed by atoms with Crippen LogP contribution in [0.5, 0.6) is 0 Å². The second-order valence-corrected chi connectivity index (χ2v) is 8.83. The van der Waals surface area contributed by atoms with Crippen molar-refractivity contribution in [2.45, 2.75) is 4.90 Å². The highest BCUT2D eigenvalue weighted by Gasteiger charge is 2.30. The van der Waals surface area contributed by atoms with Crippen LogP contribution in [0.4, 0.5) is 5.82 Å². The number of aromatic nitrogens is 1. The molecule has 8 heteroatoms. The maximum absolute atomic E-state index is 12.8. The fraction of sp³-hybridized carbons (Fsp3) is 0.267. The number of pyridine rings is 1. The minimum absolute atomic E-state index is 0.298. The Balaban J connectivity index is 1.76. The predicted octanol–water partition coefficient (Wildman–Crippen LogP) is 3.12. The van der Waals surface area contributed by atoms with Gasteiger partial charge in [-0.25, -0.2) is 13.4 Å². The number of anilines is 1. The van der Waals surface area contributed by atoms with Crippen LogP contribution in [0.25, 0.3) is 0 Å². The van der Waals surface area contributed by atoms with Gasteiger partial charge in [0.25, 0.3) is 0 Å². The van der Waals surface area contributed by atoms with Crippen LogP contribution >= 0.6 is 31.9 Å². The number of nitrogens with zero attached hydrogens (tertiary/aromatic N) is 3. The van der Waals surface area contributed by atoms with Crippen LogP contribution in [0, 0.1) is 0 Å². The number of benzene rings is 1. The maximum Gasteiger partial charge on any atom is 0.244 e. The Morgan fingerprint density at radius 2 is 1.74 bits per heavy atom. The molecule has 0 spiro atoms. The van der Waals surface area contributed by atoms with Gasteiger partial charge in [-0.2, -0.15) is 4.31 Å². The Morgan fingerprint density at radius 1 is 1.00 bits per heavy atom. The summed E-state index contributed by atoms with van der Waals surface area (Å²) in [5, 5.41) is 0. The summed E-state index contributed by atoms with van der Waals surface area (Å²) in [6.45, 7) is 2.15. The molecule has 23 heavy (non-hydrogen) atoms. The minimum Gasteiger partial charge on any atom is -0.354 e. The number of piperazine rings is 1. The molecule has 1 aromatic heterocycles. The van der Waals surface area contributed by atoms with Crippen LogP contribution in [0.1, 0.15) is 0 Å². The SMILES string of the molecule is O=S(=O)(c1ccc(Br)cc1Br)N1CCN(c2ccccn2)CC1. The zero-order chi connectivity index (χ0) is 16.4. The highest BCUT2D eigenvalue weighted by Crippen LogP contribution is 2.29. The molecule has 1 fully saturated rings. The summed E-state index contributed by atoms with van der Waals surface area (Å²) < 4.78 is 28.6.